The number of nitrogens with two attached hydrogens (primary N) is 1. The van der Waals surface area contributed by atoms with E-state index in [-0.39, 0.29) is 11.9 Å². The van der Waals surface area contributed by atoms with Crippen LogP contribution in [0.1, 0.15) is 29.9 Å². The van der Waals surface area contributed by atoms with E-state index in [2.05, 4.69) is 17.6 Å². The van der Waals surface area contributed by atoms with Crippen molar-refractivity contribution >= 4 is 27.9 Å². The van der Waals surface area contributed by atoms with Crippen LogP contribution in [0.3, 0.4) is 0 Å². The maximum atomic E-state index is 11.7. The highest BCUT2D eigenvalue weighted by Crippen LogP contribution is 2.29. The third kappa shape index (κ3) is 3.89. The smallest absolute Gasteiger partial charge is 0.263 e. The largest absolute Gasteiger partial charge is 0.397 e. The number of hydrogen-bond acceptors (Lipinski definition) is 5. The topological polar surface area (TPSA) is 76.4 Å². The summed E-state index contributed by atoms with van der Waals surface area (Å²) in [4.78, 5) is 12.3. The summed E-state index contributed by atoms with van der Waals surface area (Å²) in [6.07, 6.45) is 0.947. The average molecular weight is 271 g/mol. The van der Waals surface area contributed by atoms with Gasteiger partial charge in [0.05, 0.1) is 17.3 Å². The first-order valence-electron chi connectivity index (χ1n) is 6.05. The Morgan fingerprint density at radius 3 is 2.83 bits per heavy atom. The fourth-order valence-corrected chi connectivity index (χ4v) is 2.53. The first-order chi connectivity index (χ1) is 8.62. The maximum Gasteiger partial charge on any atom is 0.263 e. The van der Waals surface area contributed by atoms with Gasteiger partial charge in [-0.1, -0.05) is 6.92 Å². The van der Waals surface area contributed by atoms with Crippen molar-refractivity contribution in [3.63, 3.8) is 0 Å². The van der Waals surface area contributed by atoms with E-state index < -0.39 is 0 Å². The summed E-state index contributed by atoms with van der Waals surface area (Å²) in [7, 11) is 1.67. The Kier molecular flexibility index (Phi) is 5.94. The number of carbonyl (C=O) groups is 1. The number of thiophene rings is 1. The molecular weight excluding hydrogens is 250 g/mol. The molecule has 1 atom stereocenters. The highest BCUT2D eigenvalue weighted by Gasteiger charge is 2.15. The number of methoxy groups -OCH3 is 1. The van der Waals surface area contributed by atoms with Gasteiger partial charge >= 0.3 is 0 Å². The van der Waals surface area contributed by atoms with E-state index in [4.69, 9.17) is 10.5 Å². The minimum Gasteiger partial charge on any atom is -0.397 e. The lowest BCUT2D eigenvalue weighted by Crippen LogP contribution is -2.23. The van der Waals surface area contributed by atoms with Gasteiger partial charge in [-0.3, -0.25) is 4.79 Å². The second kappa shape index (κ2) is 7.23. The summed E-state index contributed by atoms with van der Waals surface area (Å²) in [5, 5.41) is 6.97. The van der Waals surface area contributed by atoms with Crippen molar-refractivity contribution in [1.82, 2.24) is 5.32 Å². The Labute approximate surface area is 112 Å². The molecule has 102 valence electrons. The quantitative estimate of drug-likeness (QED) is 0.708. The zero-order valence-electron chi connectivity index (χ0n) is 11.1. The molecule has 0 aliphatic heterocycles. The molecule has 6 heteroatoms. The highest BCUT2D eigenvalue weighted by atomic mass is 32.1. The average Bonchev–Trinajstić information content (AvgIpc) is 2.70. The Morgan fingerprint density at radius 2 is 2.28 bits per heavy atom. The number of amides is 1. The summed E-state index contributed by atoms with van der Waals surface area (Å²) >= 11 is 1.37. The molecule has 1 rings (SSSR count). The van der Waals surface area contributed by atoms with Crippen LogP contribution in [0.5, 0.6) is 0 Å². The van der Waals surface area contributed by atoms with Crippen LogP contribution < -0.4 is 16.4 Å². The molecule has 1 unspecified atom stereocenters. The van der Waals surface area contributed by atoms with Gasteiger partial charge in [0.15, 0.2) is 0 Å². The zero-order valence-corrected chi connectivity index (χ0v) is 11.9. The normalized spacial score (nSPS) is 12.2. The Morgan fingerprint density at radius 1 is 1.56 bits per heavy atom. The van der Waals surface area contributed by atoms with Crippen molar-refractivity contribution < 1.29 is 9.53 Å². The van der Waals surface area contributed by atoms with Crippen LogP contribution in [0, 0.1) is 0 Å². The second-order valence-electron chi connectivity index (χ2n) is 3.96. The van der Waals surface area contributed by atoms with Gasteiger partial charge in [0.2, 0.25) is 0 Å². The molecule has 1 aromatic rings. The Balaban J connectivity index is 2.74. The summed E-state index contributed by atoms with van der Waals surface area (Å²) in [5.74, 6) is -0.118. The fraction of sp³-hybridized carbons (Fsp3) is 0.583. The molecule has 5 nitrogen and oxygen atoms in total. The van der Waals surface area contributed by atoms with E-state index in [1.807, 2.05) is 6.92 Å². The van der Waals surface area contributed by atoms with E-state index in [0.29, 0.717) is 23.7 Å². The van der Waals surface area contributed by atoms with Crippen LogP contribution in [0.15, 0.2) is 6.07 Å². The molecule has 0 bridgehead atoms. The first kappa shape index (κ1) is 14.8. The van der Waals surface area contributed by atoms with Crippen molar-refractivity contribution in [2.75, 3.05) is 31.3 Å². The number of nitrogen functional groups attached to an aromatic ring is 1. The summed E-state index contributed by atoms with van der Waals surface area (Å²) < 4.78 is 5.12. The van der Waals surface area contributed by atoms with Gasteiger partial charge in [-0.25, -0.2) is 0 Å². The van der Waals surface area contributed by atoms with Gasteiger partial charge < -0.3 is 21.1 Å². The molecule has 0 radical (unpaired) electrons. The van der Waals surface area contributed by atoms with Crippen molar-refractivity contribution in [2.24, 2.45) is 0 Å². The lowest BCUT2D eigenvalue weighted by Gasteiger charge is -2.15. The van der Waals surface area contributed by atoms with Gasteiger partial charge in [-0.05, 0) is 19.4 Å². The number of carbonyl (C=O) groups excluding carboxylic acids is 1. The van der Waals surface area contributed by atoms with Crippen molar-refractivity contribution in [2.45, 2.75) is 26.3 Å². The molecular formula is C12H21N3O2S. The van der Waals surface area contributed by atoms with Gasteiger partial charge in [0.25, 0.3) is 5.91 Å². The molecule has 1 aromatic heterocycles. The van der Waals surface area contributed by atoms with E-state index in [9.17, 15) is 4.79 Å². The molecule has 1 amide bonds. The molecule has 0 fully saturated rings. The minimum atomic E-state index is -0.118. The number of anilines is 2. The van der Waals surface area contributed by atoms with E-state index in [0.717, 1.165) is 11.4 Å². The number of nitrogens with one attached hydrogen (secondary N) is 2. The third-order valence-electron chi connectivity index (χ3n) is 2.51. The molecule has 0 saturated carbocycles. The molecule has 0 aromatic carbocycles. The lowest BCUT2D eigenvalue weighted by atomic mass is 10.2. The monoisotopic (exact) mass is 271 g/mol. The second-order valence-corrected chi connectivity index (χ2v) is 5.01. The summed E-state index contributed by atoms with van der Waals surface area (Å²) in [6.45, 7) is 5.19. The highest BCUT2D eigenvalue weighted by molar-refractivity contribution is 7.18. The van der Waals surface area contributed by atoms with Gasteiger partial charge in [0.1, 0.15) is 4.88 Å². The van der Waals surface area contributed by atoms with Gasteiger partial charge in [-0.15, -0.1) is 11.3 Å². The molecule has 0 spiro atoms. The molecule has 0 saturated heterocycles. The molecule has 0 aliphatic rings. The molecule has 18 heavy (non-hydrogen) atoms. The van der Waals surface area contributed by atoms with E-state index in [1.54, 1.807) is 13.2 Å². The zero-order chi connectivity index (χ0) is 13.5. The summed E-state index contributed by atoms with van der Waals surface area (Å²) in [5.41, 5.74) is 6.36. The van der Waals surface area contributed by atoms with Crippen LogP contribution in [0.4, 0.5) is 10.7 Å². The Bertz CT molecular complexity index is 393. The summed E-state index contributed by atoms with van der Waals surface area (Å²) in [6, 6.07) is 2.03. The van der Waals surface area contributed by atoms with E-state index >= 15 is 0 Å². The maximum absolute atomic E-state index is 11.7. The fourth-order valence-electron chi connectivity index (χ4n) is 1.56. The standard InChI is InChI=1S/C12H21N3O2S/c1-4-8(7-17-3)15-10-6-9(13)11(18-10)12(16)14-5-2/h6,8,15H,4-5,7,13H2,1-3H3,(H,14,16). The van der Waals surface area contributed by atoms with Crippen LogP contribution >= 0.6 is 11.3 Å². The van der Waals surface area contributed by atoms with Crippen LogP contribution in [-0.4, -0.2) is 32.2 Å². The van der Waals surface area contributed by atoms with E-state index in [1.165, 1.54) is 11.3 Å². The SMILES string of the molecule is CCNC(=O)c1sc(NC(CC)COC)cc1N. The molecule has 4 N–H and O–H groups in total. The molecule has 0 aliphatic carbocycles. The number of rotatable bonds is 7. The van der Waals surface area contributed by atoms with Crippen LogP contribution in [0.25, 0.3) is 0 Å². The lowest BCUT2D eigenvalue weighted by molar-refractivity contribution is 0.0960. The van der Waals surface area contributed by atoms with Gasteiger partial charge in [-0.2, -0.15) is 0 Å². The van der Waals surface area contributed by atoms with Crippen molar-refractivity contribution in [3.05, 3.63) is 10.9 Å². The third-order valence-corrected chi connectivity index (χ3v) is 3.59. The van der Waals surface area contributed by atoms with Crippen molar-refractivity contribution in [3.8, 4) is 0 Å². The Hall–Kier alpha value is -1.27. The minimum absolute atomic E-state index is 0.118. The number of ether oxygens (including phenoxy) is 1. The predicted octanol–water partition coefficient (Wildman–Crippen LogP) is 1.92. The molecule has 1 heterocycles. The number of hydrogen-bond donors (Lipinski definition) is 3. The van der Waals surface area contributed by atoms with Crippen LogP contribution in [-0.2, 0) is 4.74 Å². The van der Waals surface area contributed by atoms with Crippen LogP contribution in [0.2, 0.25) is 0 Å². The first-order valence-corrected chi connectivity index (χ1v) is 6.86. The predicted molar refractivity (Wildman–Crippen MR) is 76.3 cm³/mol. The van der Waals surface area contributed by atoms with Gasteiger partial charge in [0, 0.05) is 19.7 Å². The van der Waals surface area contributed by atoms with Crippen molar-refractivity contribution in [1.29, 1.82) is 0 Å².